The van der Waals surface area contributed by atoms with E-state index in [1.54, 1.807) is 0 Å². The highest BCUT2D eigenvalue weighted by Gasteiger charge is 2.15. The summed E-state index contributed by atoms with van der Waals surface area (Å²) in [6.07, 6.45) is 1.16. The summed E-state index contributed by atoms with van der Waals surface area (Å²) in [7, 11) is 0. The Hall–Kier alpha value is -2.72. The number of carbonyl (C=O) groups excluding carboxylic acids is 1. The minimum Gasteiger partial charge on any atom is -0.472 e. The van der Waals surface area contributed by atoms with E-state index in [4.69, 9.17) is 16.3 Å². The van der Waals surface area contributed by atoms with Gasteiger partial charge >= 0.3 is 0 Å². The van der Waals surface area contributed by atoms with Gasteiger partial charge in [0, 0.05) is 22.7 Å². The Morgan fingerprint density at radius 3 is 2.48 bits per heavy atom. The number of hydrogen-bond acceptors (Lipinski definition) is 4. The fourth-order valence-electron chi connectivity index (χ4n) is 2.52. The number of ether oxygens (including phenoxy) is 1. The molecule has 5 heteroatoms. The molecule has 3 rings (SSSR count). The highest BCUT2D eigenvalue weighted by Crippen LogP contribution is 2.26. The number of benzene rings is 2. The zero-order valence-corrected chi connectivity index (χ0v) is 14.5. The van der Waals surface area contributed by atoms with Crippen LogP contribution in [0.5, 0.6) is 5.88 Å². The number of aldehydes is 1. The van der Waals surface area contributed by atoms with Crippen molar-refractivity contribution >= 4 is 17.9 Å². The Bertz CT molecular complexity index is 882. The van der Waals surface area contributed by atoms with E-state index in [0.29, 0.717) is 35.9 Å². The summed E-state index contributed by atoms with van der Waals surface area (Å²) in [6, 6.07) is 17.4. The lowest BCUT2D eigenvalue weighted by molar-refractivity contribution is 0.111. The number of aromatic nitrogens is 2. The molecule has 0 aliphatic carbocycles. The van der Waals surface area contributed by atoms with Crippen LogP contribution >= 0.6 is 11.6 Å². The van der Waals surface area contributed by atoms with Gasteiger partial charge in [0.2, 0.25) is 5.88 Å². The third-order valence-electron chi connectivity index (χ3n) is 3.84. The number of halogens is 1. The van der Waals surface area contributed by atoms with Crippen LogP contribution in [0.25, 0.3) is 0 Å². The van der Waals surface area contributed by atoms with E-state index in [1.807, 2.05) is 61.5 Å². The fraction of sp³-hybridized carbons (Fsp3) is 0.150. The molecule has 4 nitrogen and oxygen atoms in total. The van der Waals surface area contributed by atoms with Crippen molar-refractivity contribution in [3.05, 3.63) is 87.8 Å². The summed E-state index contributed by atoms with van der Waals surface area (Å²) in [4.78, 5) is 19.6. The van der Waals surface area contributed by atoms with Gasteiger partial charge in [0.05, 0.1) is 0 Å². The normalized spacial score (nSPS) is 10.5. The molecule has 0 spiro atoms. The molecule has 126 valence electrons. The van der Waals surface area contributed by atoms with Crippen LogP contribution < -0.4 is 4.74 Å². The summed E-state index contributed by atoms with van der Waals surface area (Å²) in [5.74, 6) is 0.529. The highest BCUT2D eigenvalue weighted by atomic mass is 35.5. The van der Waals surface area contributed by atoms with E-state index in [2.05, 4.69) is 9.97 Å². The molecule has 0 radical (unpaired) electrons. The van der Waals surface area contributed by atoms with Crippen LogP contribution in [0, 0.1) is 6.92 Å². The smallest absolute Gasteiger partial charge is 0.221 e. The largest absolute Gasteiger partial charge is 0.472 e. The molecule has 0 saturated carbocycles. The Labute approximate surface area is 151 Å². The molecule has 0 saturated heterocycles. The molecule has 0 N–H and O–H groups in total. The Balaban J connectivity index is 1.93. The number of aryl methyl sites for hydroxylation is 1. The first kappa shape index (κ1) is 17.1. The van der Waals surface area contributed by atoms with Crippen molar-refractivity contribution in [2.75, 3.05) is 0 Å². The van der Waals surface area contributed by atoms with Crippen molar-refractivity contribution in [3.63, 3.8) is 0 Å². The van der Waals surface area contributed by atoms with Crippen LogP contribution in [0.2, 0.25) is 5.02 Å². The van der Waals surface area contributed by atoms with E-state index in [9.17, 15) is 4.79 Å². The topological polar surface area (TPSA) is 52.1 Å². The van der Waals surface area contributed by atoms with Gasteiger partial charge in [0.25, 0.3) is 0 Å². The highest BCUT2D eigenvalue weighted by molar-refractivity contribution is 6.31. The van der Waals surface area contributed by atoms with E-state index < -0.39 is 0 Å². The molecule has 0 bridgehead atoms. The molecular weight excluding hydrogens is 336 g/mol. The lowest BCUT2D eigenvalue weighted by Gasteiger charge is -2.14. The zero-order valence-electron chi connectivity index (χ0n) is 13.8. The van der Waals surface area contributed by atoms with E-state index in [0.717, 1.165) is 16.7 Å². The molecule has 3 aromatic rings. The summed E-state index contributed by atoms with van der Waals surface area (Å²) >= 11 is 6.27. The van der Waals surface area contributed by atoms with Crippen LogP contribution in [-0.4, -0.2) is 16.3 Å². The maximum Gasteiger partial charge on any atom is 0.221 e. The minimum absolute atomic E-state index is 0.114. The molecule has 0 aliphatic heterocycles. The number of carbonyl (C=O) groups is 1. The number of nitrogens with zero attached hydrogens (tertiary/aromatic N) is 2. The second-order valence-corrected chi connectivity index (χ2v) is 6.02. The molecule has 25 heavy (non-hydrogen) atoms. The fourth-order valence-corrected chi connectivity index (χ4v) is 2.73. The van der Waals surface area contributed by atoms with Gasteiger partial charge in [-0.3, -0.25) is 4.79 Å². The Morgan fingerprint density at radius 1 is 1.04 bits per heavy atom. The predicted octanol–water partition coefficient (Wildman–Crippen LogP) is 4.42. The third-order valence-corrected chi connectivity index (χ3v) is 4.21. The van der Waals surface area contributed by atoms with Gasteiger partial charge in [0.15, 0.2) is 12.1 Å². The van der Waals surface area contributed by atoms with Gasteiger partial charge in [0.1, 0.15) is 6.61 Å². The molecule has 0 unspecified atom stereocenters. The van der Waals surface area contributed by atoms with Gasteiger partial charge in [-0.2, -0.15) is 4.98 Å². The number of rotatable bonds is 6. The van der Waals surface area contributed by atoms with Crippen molar-refractivity contribution in [1.82, 2.24) is 9.97 Å². The standard InChI is InChI=1S/C20H17ClN2O2/c1-14-17(11-16-9-5-6-10-18(16)21)20(23-19(12-24)22-14)25-13-15-7-3-2-4-8-15/h2-10,12H,11,13H2,1H3. The maximum absolute atomic E-state index is 11.1. The summed E-state index contributed by atoms with van der Waals surface area (Å²) in [5, 5.41) is 0.676. The van der Waals surface area contributed by atoms with E-state index in [-0.39, 0.29) is 5.82 Å². The van der Waals surface area contributed by atoms with Crippen molar-refractivity contribution in [1.29, 1.82) is 0 Å². The molecule has 1 heterocycles. The van der Waals surface area contributed by atoms with Crippen LogP contribution in [0.4, 0.5) is 0 Å². The molecule has 1 aromatic heterocycles. The first-order chi connectivity index (χ1) is 12.2. The maximum atomic E-state index is 11.1. The van der Waals surface area contributed by atoms with Crippen molar-refractivity contribution in [2.24, 2.45) is 0 Å². The Morgan fingerprint density at radius 2 is 1.76 bits per heavy atom. The average molecular weight is 353 g/mol. The van der Waals surface area contributed by atoms with Crippen molar-refractivity contribution in [3.8, 4) is 5.88 Å². The van der Waals surface area contributed by atoms with Gasteiger partial charge in [-0.25, -0.2) is 4.98 Å². The molecule has 0 aliphatic rings. The molecule has 0 fully saturated rings. The molecule has 0 amide bonds. The second kappa shape index (κ2) is 7.90. The van der Waals surface area contributed by atoms with Gasteiger partial charge in [-0.05, 0) is 24.1 Å². The quantitative estimate of drug-likeness (QED) is 0.616. The van der Waals surface area contributed by atoms with Crippen LogP contribution in [-0.2, 0) is 13.0 Å². The molecular formula is C20H17ClN2O2. The third kappa shape index (κ3) is 4.22. The lowest BCUT2D eigenvalue weighted by atomic mass is 10.0. The monoisotopic (exact) mass is 352 g/mol. The van der Waals surface area contributed by atoms with Gasteiger partial charge in [-0.15, -0.1) is 0 Å². The minimum atomic E-state index is 0.114. The number of hydrogen-bond donors (Lipinski definition) is 0. The summed E-state index contributed by atoms with van der Waals surface area (Å²) in [6.45, 7) is 2.21. The van der Waals surface area contributed by atoms with Gasteiger partial charge < -0.3 is 4.74 Å². The predicted molar refractivity (Wildman–Crippen MR) is 97.2 cm³/mol. The van der Waals surface area contributed by atoms with Crippen molar-refractivity contribution < 1.29 is 9.53 Å². The van der Waals surface area contributed by atoms with Crippen LogP contribution in [0.3, 0.4) is 0 Å². The average Bonchev–Trinajstić information content (AvgIpc) is 2.64. The van der Waals surface area contributed by atoms with Crippen LogP contribution in [0.1, 0.15) is 33.0 Å². The Kier molecular flexibility index (Phi) is 5.41. The van der Waals surface area contributed by atoms with E-state index >= 15 is 0 Å². The summed E-state index contributed by atoms with van der Waals surface area (Å²) < 4.78 is 5.91. The SMILES string of the molecule is Cc1nc(C=O)nc(OCc2ccccc2)c1Cc1ccccc1Cl. The van der Waals surface area contributed by atoms with E-state index in [1.165, 1.54) is 0 Å². The first-order valence-corrected chi connectivity index (χ1v) is 8.28. The van der Waals surface area contributed by atoms with Crippen molar-refractivity contribution in [2.45, 2.75) is 20.0 Å². The second-order valence-electron chi connectivity index (χ2n) is 5.61. The molecule has 0 atom stereocenters. The van der Waals surface area contributed by atoms with Crippen LogP contribution in [0.15, 0.2) is 54.6 Å². The molecule has 2 aromatic carbocycles. The lowest BCUT2D eigenvalue weighted by Crippen LogP contribution is -2.08. The first-order valence-electron chi connectivity index (χ1n) is 7.90. The van der Waals surface area contributed by atoms with Gasteiger partial charge in [-0.1, -0.05) is 60.1 Å². The summed E-state index contributed by atoms with van der Waals surface area (Å²) in [5.41, 5.74) is 3.52. The zero-order chi connectivity index (χ0) is 17.6.